The van der Waals surface area contributed by atoms with E-state index >= 15 is 0 Å². The minimum absolute atomic E-state index is 0.168. The van der Waals surface area contributed by atoms with Crippen molar-refractivity contribution in [3.8, 4) is 11.5 Å². The van der Waals surface area contributed by atoms with Gasteiger partial charge in [0.15, 0.2) is 0 Å². The van der Waals surface area contributed by atoms with Gasteiger partial charge in [0.05, 0.1) is 7.11 Å². The average Bonchev–Trinajstić information content (AvgIpc) is 1.96. The summed E-state index contributed by atoms with van der Waals surface area (Å²) in [6.45, 7) is 1.77. The van der Waals surface area contributed by atoms with Crippen LogP contribution in [-0.4, -0.2) is 12.2 Å². The van der Waals surface area contributed by atoms with E-state index in [2.05, 4.69) is 0 Å². The Labute approximate surface area is 65.4 Å². The van der Waals surface area contributed by atoms with Crippen LogP contribution in [0.1, 0.15) is 5.56 Å². The van der Waals surface area contributed by atoms with Crippen molar-refractivity contribution in [3.63, 3.8) is 0 Å². The molecule has 0 aromatic heterocycles. The minimum Gasteiger partial charge on any atom is -0.507 e. The smallest absolute Gasteiger partial charge is 0.127 e. The zero-order valence-corrected chi connectivity index (χ0v) is 6.59. The maximum absolute atomic E-state index is 9.25. The molecular formula is C8H11NO2. The summed E-state index contributed by atoms with van der Waals surface area (Å²) >= 11 is 0. The van der Waals surface area contributed by atoms with Crippen LogP contribution >= 0.6 is 0 Å². The molecule has 0 heterocycles. The van der Waals surface area contributed by atoms with Gasteiger partial charge in [-0.3, -0.25) is 0 Å². The van der Waals surface area contributed by atoms with Crippen molar-refractivity contribution in [3.05, 3.63) is 17.7 Å². The number of hydrogen-bond donors (Lipinski definition) is 2. The van der Waals surface area contributed by atoms with Gasteiger partial charge in [-0.15, -0.1) is 0 Å². The van der Waals surface area contributed by atoms with Crippen LogP contribution in [0.25, 0.3) is 0 Å². The first kappa shape index (κ1) is 7.72. The fraction of sp³-hybridized carbons (Fsp3) is 0.250. The third-order valence-corrected chi connectivity index (χ3v) is 1.57. The number of methoxy groups -OCH3 is 1. The molecule has 0 aliphatic carbocycles. The Hall–Kier alpha value is -1.38. The maximum Gasteiger partial charge on any atom is 0.127 e. The first-order chi connectivity index (χ1) is 5.15. The molecule has 1 aromatic rings. The number of anilines is 1. The maximum atomic E-state index is 9.25. The number of rotatable bonds is 1. The standard InChI is InChI=1S/C8H11NO2/c1-5-7(10)3-6(9)4-8(5)11-2/h3-4,10H,9H2,1-2H3. The van der Waals surface area contributed by atoms with Crippen molar-refractivity contribution in [1.82, 2.24) is 0 Å². The topological polar surface area (TPSA) is 55.5 Å². The molecule has 11 heavy (non-hydrogen) atoms. The first-order valence-corrected chi connectivity index (χ1v) is 3.28. The Kier molecular flexibility index (Phi) is 1.89. The van der Waals surface area contributed by atoms with E-state index in [1.807, 2.05) is 0 Å². The normalized spacial score (nSPS) is 9.64. The highest BCUT2D eigenvalue weighted by Gasteiger charge is 2.03. The van der Waals surface area contributed by atoms with Gasteiger partial charge in [0, 0.05) is 23.4 Å². The van der Waals surface area contributed by atoms with E-state index in [4.69, 9.17) is 10.5 Å². The van der Waals surface area contributed by atoms with E-state index in [-0.39, 0.29) is 5.75 Å². The average molecular weight is 153 g/mol. The van der Waals surface area contributed by atoms with Gasteiger partial charge >= 0.3 is 0 Å². The zero-order chi connectivity index (χ0) is 8.43. The SMILES string of the molecule is COc1cc(N)cc(O)c1C. The predicted molar refractivity (Wildman–Crippen MR) is 43.8 cm³/mol. The lowest BCUT2D eigenvalue weighted by atomic mass is 10.2. The van der Waals surface area contributed by atoms with Gasteiger partial charge in [-0.05, 0) is 6.92 Å². The van der Waals surface area contributed by atoms with Gasteiger partial charge in [0.25, 0.3) is 0 Å². The van der Waals surface area contributed by atoms with Crippen LogP contribution in [0.15, 0.2) is 12.1 Å². The fourth-order valence-electron chi connectivity index (χ4n) is 0.906. The fourth-order valence-corrected chi connectivity index (χ4v) is 0.906. The molecule has 0 aliphatic rings. The lowest BCUT2D eigenvalue weighted by molar-refractivity contribution is 0.403. The van der Waals surface area contributed by atoms with Crippen LogP contribution in [0.4, 0.5) is 5.69 Å². The molecule has 1 rings (SSSR count). The summed E-state index contributed by atoms with van der Waals surface area (Å²) in [5, 5.41) is 9.25. The molecule has 60 valence electrons. The molecule has 0 fully saturated rings. The Bertz CT molecular complexity index is 271. The molecule has 0 aliphatic heterocycles. The molecular weight excluding hydrogens is 142 g/mol. The molecule has 0 saturated carbocycles. The molecule has 0 saturated heterocycles. The monoisotopic (exact) mass is 153 g/mol. The van der Waals surface area contributed by atoms with Crippen molar-refractivity contribution in [2.24, 2.45) is 0 Å². The summed E-state index contributed by atoms with van der Waals surface area (Å²) in [6, 6.07) is 3.17. The second-order valence-electron chi connectivity index (χ2n) is 2.37. The number of phenolic OH excluding ortho intramolecular Hbond substituents is 1. The number of benzene rings is 1. The Balaban J connectivity index is 3.24. The third-order valence-electron chi connectivity index (χ3n) is 1.57. The molecule has 0 amide bonds. The van der Waals surface area contributed by atoms with E-state index in [0.29, 0.717) is 17.0 Å². The van der Waals surface area contributed by atoms with Gasteiger partial charge in [0.1, 0.15) is 11.5 Å². The van der Waals surface area contributed by atoms with Crippen LogP contribution in [-0.2, 0) is 0 Å². The number of ether oxygens (including phenoxy) is 1. The van der Waals surface area contributed by atoms with Crippen LogP contribution in [0.2, 0.25) is 0 Å². The second kappa shape index (κ2) is 2.70. The highest BCUT2D eigenvalue weighted by molar-refractivity contribution is 5.55. The van der Waals surface area contributed by atoms with Gasteiger partial charge in [-0.1, -0.05) is 0 Å². The quantitative estimate of drug-likeness (QED) is 0.598. The number of nitrogen functional groups attached to an aromatic ring is 1. The number of phenols is 1. The van der Waals surface area contributed by atoms with E-state index in [9.17, 15) is 5.11 Å². The lowest BCUT2D eigenvalue weighted by Gasteiger charge is -2.06. The van der Waals surface area contributed by atoms with Crippen molar-refractivity contribution >= 4 is 5.69 Å². The Morgan fingerprint density at radius 3 is 2.64 bits per heavy atom. The number of nitrogens with two attached hydrogens (primary N) is 1. The van der Waals surface area contributed by atoms with Crippen molar-refractivity contribution < 1.29 is 9.84 Å². The van der Waals surface area contributed by atoms with Crippen molar-refractivity contribution in [2.45, 2.75) is 6.92 Å². The summed E-state index contributed by atoms with van der Waals surface area (Å²) in [4.78, 5) is 0. The zero-order valence-electron chi connectivity index (χ0n) is 6.59. The third kappa shape index (κ3) is 1.37. The van der Waals surface area contributed by atoms with Crippen LogP contribution in [0, 0.1) is 6.92 Å². The lowest BCUT2D eigenvalue weighted by Crippen LogP contribution is -1.91. The molecule has 3 nitrogen and oxygen atoms in total. The largest absolute Gasteiger partial charge is 0.507 e. The molecule has 0 atom stereocenters. The second-order valence-corrected chi connectivity index (χ2v) is 2.37. The number of hydrogen-bond acceptors (Lipinski definition) is 3. The highest BCUT2D eigenvalue weighted by atomic mass is 16.5. The molecule has 0 spiro atoms. The Morgan fingerprint density at radius 2 is 2.09 bits per heavy atom. The van der Waals surface area contributed by atoms with Gasteiger partial charge < -0.3 is 15.6 Å². The van der Waals surface area contributed by atoms with Crippen LogP contribution < -0.4 is 10.5 Å². The van der Waals surface area contributed by atoms with Crippen molar-refractivity contribution in [1.29, 1.82) is 0 Å². The summed E-state index contributed by atoms with van der Waals surface area (Å²) < 4.78 is 4.97. The summed E-state index contributed by atoms with van der Waals surface area (Å²) in [7, 11) is 1.54. The predicted octanol–water partition coefficient (Wildman–Crippen LogP) is 1.29. The first-order valence-electron chi connectivity index (χ1n) is 3.28. The van der Waals surface area contributed by atoms with Gasteiger partial charge in [0.2, 0.25) is 0 Å². The van der Waals surface area contributed by atoms with E-state index < -0.39 is 0 Å². The summed E-state index contributed by atoms with van der Waals surface area (Å²) in [5.74, 6) is 0.782. The summed E-state index contributed by atoms with van der Waals surface area (Å²) in [6.07, 6.45) is 0. The molecule has 3 heteroatoms. The highest BCUT2D eigenvalue weighted by Crippen LogP contribution is 2.29. The van der Waals surface area contributed by atoms with Gasteiger partial charge in [-0.2, -0.15) is 0 Å². The number of aromatic hydroxyl groups is 1. The van der Waals surface area contributed by atoms with E-state index in [0.717, 1.165) is 0 Å². The molecule has 1 aromatic carbocycles. The molecule has 0 bridgehead atoms. The molecule has 0 unspecified atom stereocenters. The molecule has 0 radical (unpaired) electrons. The minimum atomic E-state index is 0.168. The van der Waals surface area contributed by atoms with Crippen LogP contribution in [0.3, 0.4) is 0 Å². The summed E-state index contributed by atoms with van der Waals surface area (Å²) in [5.41, 5.74) is 6.68. The molecule has 3 N–H and O–H groups in total. The van der Waals surface area contributed by atoms with E-state index in [1.165, 1.54) is 6.07 Å². The van der Waals surface area contributed by atoms with E-state index in [1.54, 1.807) is 20.1 Å². The van der Waals surface area contributed by atoms with Crippen molar-refractivity contribution in [2.75, 3.05) is 12.8 Å². The van der Waals surface area contributed by atoms with Gasteiger partial charge in [-0.25, -0.2) is 0 Å². The Morgan fingerprint density at radius 1 is 1.45 bits per heavy atom. The van der Waals surface area contributed by atoms with Crippen LogP contribution in [0.5, 0.6) is 11.5 Å².